The summed E-state index contributed by atoms with van der Waals surface area (Å²) in [7, 11) is -3.66. The van der Waals surface area contributed by atoms with Gasteiger partial charge in [0.15, 0.2) is 0 Å². The Morgan fingerprint density at radius 3 is 2.60 bits per heavy atom. The number of rotatable bonds is 1. The number of nitrogens with zero attached hydrogens (tertiary/aromatic N) is 1. The van der Waals surface area contributed by atoms with E-state index in [1.54, 1.807) is 24.4 Å². The molecule has 0 aliphatic carbocycles. The number of hydrogen-bond acceptors (Lipinski definition) is 3. The molecule has 0 fully saturated rings. The Kier molecular flexibility index (Phi) is 3.86. The summed E-state index contributed by atoms with van der Waals surface area (Å²) in [6, 6.07) is 6.55. The third kappa shape index (κ3) is 2.56. The molecule has 2 aromatic rings. The first kappa shape index (κ1) is 12.6. The van der Waals surface area contributed by atoms with E-state index in [0.29, 0.717) is 5.39 Å². The van der Waals surface area contributed by atoms with Crippen molar-refractivity contribution < 1.29 is 8.42 Å². The first-order valence-electron chi connectivity index (χ1n) is 3.94. The fraction of sp³-hybridized carbons (Fsp3) is 0. The molecule has 0 aliphatic heterocycles. The van der Waals surface area contributed by atoms with Gasteiger partial charge in [0, 0.05) is 52.7 Å². The first-order valence-corrected chi connectivity index (χ1v) is 5.49. The largest absolute Gasteiger partial charge is 0.264 e. The van der Waals surface area contributed by atoms with Gasteiger partial charge in [-0.15, -0.1) is 0 Å². The average molecular weight is 231 g/mol. The van der Waals surface area contributed by atoms with E-state index in [9.17, 15) is 8.42 Å². The molecule has 1 aromatic heterocycles. The van der Waals surface area contributed by atoms with Gasteiger partial charge < -0.3 is 0 Å². The summed E-state index contributed by atoms with van der Waals surface area (Å²) in [4.78, 5) is 4.04. The van der Waals surface area contributed by atoms with Crippen molar-refractivity contribution in [1.82, 2.24) is 4.98 Å². The molecule has 1 heterocycles. The number of benzene rings is 1. The zero-order chi connectivity index (χ0) is 10.2. The van der Waals surface area contributed by atoms with Crippen LogP contribution in [0.2, 0.25) is 0 Å². The molecule has 2 N–H and O–H groups in total. The molecule has 0 saturated carbocycles. The maximum atomic E-state index is 11.2. The van der Waals surface area contributed by atoms with E-state index < -0.39 is 10.0 Å². The molecule has 2 rings (SSSR count). The number of aromatic nitrogens is 1. The Labute approximate surface area is 110 Å². The minimum atomic E-state index is -3.66. The molecular formula is C9H8N2NaO2S. The van der Waals surface area contributed by atoms with Crippen LogP contribution in [0.25, 0.3) is 10.8 Å². The van der Waals surface area contributed by atoms with Gasteiger partial charge in [-0.25, -0.2) is 13.6 Å². The van der Waals surface area contributed by atoms with Gasteiger partial charge in [-0.05, 0) is 12.1 Å². The van der Waals surface area contributed by atoms with Crippen molar-refractivity contribution in [1.29, 1.82) is 0 Å². The van der Waals surface area contributed by atoms with Crippen LogP contribution >= 0.6 is 0 Å². The van der Waals surface area contributed by atoms with Gasteiger partial charge in [0.25, 0.3) is 0 Å². The average Bonchev–Trinajstić information content (AvgIpc) is 2.15. The molecule has 1 radical (unpaired) electrons. The second kappa shape index (κ2) is 4.59. The molecule has 6 heteroatoms. The number of pyridine rings is 1. The fourth-order valence-electron chi connectivity index (χ4n) is 1.34. The van der Waals surface area contributed by atoms with Crippen LogP contribution in [0, 0.1) is 0 Å². The van der Waals surface area contributed by atoms with Crippen molar-refractivity contribution in [3.8, 4) is 0 Å². The predicted molar refractivity (Wildman–Crippen MR) is 58.9 cm³/mol. The third-order valence-corrected chi connectivity index (χ3v) is 2.92. The molecule has 0 saturated heterocycles. The summed E-state index contributed by atoms with van der Waals surface area (Å²) in [5, 5.41) is 6.44. The number of sulfonamides is 1. The van der Waals surface area contributed by atoms with Crippen molar-refractivity contribution in [2.75, 3.05) is 0 Å². The molecule has 73 valence electrons. The Balaban J connectivity index is 0.00000112. The molecule has 0 aliphatic rings. The third-order valence-electron chi connectivity index (χ3n) is 1.95. The Morgan fingerprint density at radius 1 is 1.20 bits per heavy atom. The molecule has 0 bridgehead atoms. The van der Waals surface area contributed by atoms with E-state index in [1.165, 1.54) is 12.3 Å². The van der Waals surface area contributed by atoms with E-state index in [4.69, 9.17) is 5.14 Å². The van der Waals surface area contributed by atoms with E-state index >= 15 is 0 Å². The van der Waals surface area contributed by atoms with Crippen LogP contribution in [0.3, 0.4) is 0 Å². The molecule has 4 nitrogen and oxygen atoms in total. The van der Waals surface area contributed by atoms with Gasteiger partial charge in [0.1, 0.15) is 0 Å². The van der Waals surface area contributed by atoms with Gasteiger partial charge in [0.05, 0.1) is 4.90 Å². The number of hydrogen-bond donors (Lipinski definition) is 1. The predicted octanol–water partition coefficient (Wildman–Crippen LogP) is 0.501. The molecular weight excluding hydrogens is 223 g/mol. The van der Waals surface area contributed by atoms with Crippen LogP contribution < -0.4 is 5.14 Å². The van der Waals surface area contributed by atoms with Gasteiger partial charge in [-0.3, -0.25) is 4.98 Å². The summed E-state index contributed by atoms with van der Waals surface area (Å²) in [6.45, 7) is 0. The minimum Gasteiger partial charge on any atom is -0.264 e. The van der Waals surface area contributed by atoms with Crippen LogP contribution in [0.4, 0.5) is 0 Å². The zero-order valence-electron chi connectivity index (χ0n) is 8.21. The Bertz CT molecular complexity index is 578. The maximum absolute atomic E-state index is 11.2. The van der Waals surface area contributed by atoms with E-state index in [-0.39, 0.29) is 34.5 Å². The van der Waals surface area contributed by atoms with Gasteiger partial charge in [0.2, 0.25) is 10.0 Å². The minimum absolute atomic E-state index is 0. The van der Waals surface area contributed by atoms with Crippen molar-refractivity contribution in [2.24, 2.45) is 5.14 Å². The summed E-state index contributed by atoms with van der Waals surface area (Å²) in [6.07, 6.45) is 3.14. The second-order valence-corrected chi connectivity index (χ2v) is 4.43. The maximum Gasteiger partial charge on any atom is 0.238 e. The topological polar surface area (TPSA) is 73.1 Å². The molecule has 15 heavy (non-hydrogen) atoms. The van der Waals surface area contributed by atoms with Gasteiger partial charge in [-0.2, -0.15) is 0 Å². The molecule has 0 amide bonds. The number of nitrogens with two attached hydrogens (primary N) is 1. The first-order chi connectivity index (χ1) is 6.59. The molecule has 0 unspecified atom stereocenters. The summed E-state index contributed by atoms with van der Waals surface area (Å²) < 4.78 is 22.4. The van der Waals surface area contributed by atoms with E-state index in [0.717, 1.165) is 5.39 Å². The molecule has 0 atom stereocenters. The van der Waals surface area contributed by atoms with Crippen LogP contribution in [0.5, 0.6) is 0 Å². The summed E-state index contributed by atoms with van der Waals surface area (Å²) in [5.41, 5.74) is 0. The van der Waals surface area contributed by atoms with Crippen LogP contribution in [0.15, 0.2) is 41.6 Å². The monoisotopic (exact) mass is 231 g/mol. The van der Waals surface area contributed by atoms with Crippen LogP contribution in [-0.2, 0) is 10.0 Å². The van der Waals surface area contributed by atoms with Crippen LogP contribution in [0.1, 0.15) is 0 Å². The van der Waals surface area contributed by atoms with Crippen molar-refractivity contribution >= 4 is 50.4 Å². The van der Waals surface area contributed by atoms with Crippen molar-refractivity contribution in [2.45, 2.75) is 4.90 Å². The van der Waals surface area contributed by atoms with Gasteiger partial charge in [-0.1, -0.05) is 12.1 Å². The SMILES string of the molecule is NS(=O)(=O)c1cccc2cnccc12.[Na]. The number of fused-ring (bicyclic) bond motifs is 1. The normalized spacial score (nSPS) is 11.0. The van der Waals surface area contributed by atoms with Crippen LogP contribution in [-0.4, -0.2) is 43.0 Å². The summed E-state index contributed by atoms with van der Waals surface area (Å²) in [5.74, 6) is 0. The Morgan fingerprint density at radius 2 is 1.93 bits per heavy atom. The van der Waals surface area contributed by atoms with Crippen molar-refractivity contribution in [3.63, 3.8) is 0 Å². The Hall–Kier alpha value is -0.460. The van der Waals surface area contributed by atoms with E-state index in [1.807, 2.05) is 0 Å². The van der Waals surface area contributed by atoms with E-state index in [2.05, 4.69) is 4.98 Å². The zero-order valence-corrected chi connectivity index (χ0v) is 11.0. The summed E-state index contributed by atoms with van der Waals surface area (Å²) >= 11 is 0. The molecule has 0 spiro atoms. The van der Waals surface area contributed by atoms with Crippen molar-refractivity contribution in [3.05, 3.63) is 36.7 Å². The number of primary sulfonamides is 1. The van der Waals surface area contributed by atoms with Gasteiger partial charge >= 0.3 is 0 Å². The molecule has 1 aromatic carbocycles. The fourth-order valence-corrected chi connectivity index (χ4v) is 2.10. The smallest absolute Gasteiger partial charge is 0.238 e. The quantitative estimate of drug-likeness (QED) is 0.726. The standard InChI is InChI=1S/C9H8N2O2S.Na/c10-14(12,13)9-3-1-2-7-6-11-5-4-8(7)9;/h1-6H,(H2,10,12,13);. The second-order valence-electron chi connectivity index (χ2n) is 2.90.